The van der Waals surface area contributed by atoms with Crippen LogP contribution in [0.25, 0.3) is 5.76 Å². The highest BCUT2D eigenvalue weighted by Gasteiger charge is 2.45. The first-order valence-electron chi connectivity index (χ1n) is 9.03. The minimum Gasteiger partial charge on any atom is -0.507 e. The Morgan fingerprint density at radius 1 is 1.14 bits per heavy atom. The number of carbonyl (C=O) groups is 2. The van der Waals surface area contributed by atoms with Crippen molar-refractivity contribution in [3.8, 4) is 5.75 Å². The van der Waals surface area contributed by atoms with Gasteiger partial charge in [0.2, 0.25) is 0 Å². The highest BCUT2D eigenvalue weighted by molar-refractivity contribution is 6.46. The first-order chi connectivity index (χ1) is 13.3. The van der Waals surface area contributed by atoms with E-state index in [9.17, 15) is 19.1 Å². The van der Waals surface area contributed by atoms with E-state index in [4.69, 9.17) is 4.74 Å². The van der Waals surface area contributed by atoms with Crippen LogP contribution in [0, 0.1) is 11.7 Å². The van der Waals surface area contributed by atoms with Gasteiger partial charge in [-0.2, -0.15) is 0 Å². The van der Waals surface area contributed by atoms with Crippen LogP contribution in [-0.2, 0) is 9.59 Å². The summed E-state index contributed by atoms with van der Waals surface area (Å²) in [6, 6.07) is 11.5. The second-order valence-corrected chi connectivity index (χ2v) is 7.16. The number of ketones is 1. The van der Waals surface area contributed by atoms with Crippen molar-refractivity contribution in [3.05, 3.63) is 71.0 Å². The van der Waals surface area contributed by atoms with Crippen molar-refractivity contribution in [2.24, 2.45) is 5.92 Å². The van der Waals surface area contributed by atoms with Gasteiger partial charge in [-0.05, 0) is 36.2 Å². The quantitative estimate of drug-likeness (QED) is 0.483. The third-order valence-electron chi connectivity index (χ3n) is 4.59. The fourth-order valence-electron chi connectivity index (χ4n) is 3.14. The van der Waals surface area contributed by atoms with Crippen LogP contribution in [0.5, 0.6) is 5.75 Å². The maximum atomic E-state index is 14.3. The lowest BCUT2D eigenvalue weighted by molar-refractivity contribution is -0.139. The van der Waals surface area contributed by atoms with Gasteiger partial charge in [-0.15, -0.1) is 0 Å². The predicted octanol–water partition coefficient (Wildman–Crippen LogP) is 3.91. The zero-order valence-corrected chi connectivity index (χ0v) is 16.0. The van der Waals surface area contributed by atoms with Gasteiger partial charge in [0.05, 0.1) is 18.2 Å². The molecule has 0 radical (unpaired) electrons. The third kappa shape index (κ3) is 3.63. The molecule has 1 N–H and O–H groups in total. The molecular weight excluding hydrogens is 361 g/mol. The minimum absolute atomic E-state index is 0.131. The van der Waals surface area contributed by atoms with Crippen LogP contribution in [-0.4, -0.2) is 35.4 Å². The standard InChI is InChI=1S/C22H22FNO4/c1-13(2)12-28-15-10-8-14(9-11-15)20(25)18-19(24(3)22(27)21(18)26)16-6-4-5-7-17(16)23/h4-11,13,19,25H,12H2,1-3H3. The summed E-state index contributed by atoms with van der Waals surface area (Å²) in [5.74, 6) is -1.52. The van der Waals surface area contributed by atoms with Gasteiger partial charge in [-0.3, -0.25) is 9.59 Å². The van der Waals surface area contributed by atoms with Crippen molar-refractivity contribution in [1.82, 2.24) is 4.90 Å². The van der Waals surface area contributed by atoms with Crippen LogP contribution >= 0.6 is 0 Å². The highest BCUT2D eigenvalue weighted by atomic mass is 19.1. The molecule has 2 aromatic rings. The number of aliphatic hydroxyl groups excluding tert-OH is 1. The Kier molecular flexibility index (Phi) is 5.49. The topological polar surface area (TPSA) is 66.8 Å². The number of amides is 1. The van der Waals surface area contributed by atoms with E-state index in [2.05, 4.69) is 0 Å². The van der Waals surface area contributed by atoms with Gasteiger partial charge in [-0.25, -0.2) is 4.39 Å². The number of nitrogens with zero attached hydrogens (tertiary/aromatic N) is 1. The number of halogens is 1. The molecule has 5 nitrogen and oxygen atoms in total. The Balaban J connectivity index is 2.02. The summed E-state index contributed by atoms with van der Waals surface area (Å²) < 4.78 is 20.0. The Hall–Kier alpha value is -3.15. The molecule has 6 heteroatoms. The number of aliphatic hydroxyl groups is 1. The number of benzene rings is 2. The molecule has 1 heterocycles. The lowest BCUT2D eigenvalue weighted by Crippen LogP contribution is -2.25. The second-order valence-electron chi connectivity index (χ2n) is 7.16. The van der Waals surface area contributed by atoms with Crippen LogP contribution in [0.4, 0.5) is 4.39 Å². The molecule has 1 aliphatic rings. The Labute approximate surface area is 163 Å². The molecule has 1 fully saturated rings. The summed E-state index contributed by atoms with van der Waals surface area (Å²) in [4.78, 5) is 25.9. The molecule has 1 unspecified atom stereocenters. The average Bonchev–Trinajstić information content (AvgIpc) is 2.90. The average molecular weight is 383 g/mol. The zero-order valence-electron chi connectivity index (χ0n) is 16.0. The SMILES string of the molecule is CC(C)COc1ccc(C(O)=C2C(=O)C(=O)N(C)C2c2ccccc2F)cc1. The van der Waals surface area contributed by atoms with Crippen LogP contribution < -0.4 is 4.74 Å². The number of hydrogen-bond acceptors (Lipinski definition) is 4. The molecule has 0 saturated carbocycles. The normalized spacial score (nSPS) is 18.8. The maximum absolute atomic E-state index is 14.3. The van der Waals surface area contributed by atoms with E-state index in [0.717, 1.165) is 4.90 Å². The molecule has 28 heavy (non-hydrogen) atoms. The molecule has 1 amide bonds. The molecule has 0 aromatic heterocycles. The van der Waals surface area contributed by atoms with E-state index < -0.39 is 23.5 Å². The van der Waals surface area contributed by atoms with Gasteiger partial charge in [0.25, 0.3) is 11.7 Å². The lowest BCUT2D eigenvalue weighted by Gasteiger charge is -2.21. The minimum atomic E-state index is -0.988. The fourth-order valence-corrected chi connectivity index (χ4v) is 3.14. The predicted molar refractivity (Wildman–Crippen MR) is 103 cm³/mol. The third-order valence-corrected chi connectivity index (χ3v) is 4.59. The van der Waals surface area contributed by atoms with Gasteiger partial charge in [0.1, 0.15) is 17.3 Å². The van der Waals surface area contributed by atoms with Crippen molar-refractivity contribution >= 4 is 17.4 Å². The Morgan fingerprint density at radius 2 is 1.79 bits per heavy atom. The second kappa shape index (κ2) is 7.84. The summed E-state index contributed by atoms with van der Waals surface area (Å²) in [5.41, 5.74) is 0.376. The molecule has 146 valence electrons. The van der Waals surface area contributed by atoms with E-state index in [1.54, 1.807) is 30.3 Å². The number of Topliss-reactive ketones (excluding diaryl/α,β-unsaturated/α-hetero) is 1. The molecular formula is C22H22FNO4. The zero-order chi connectivity index (χ0) is 20.4. The van der Waals surface area contributed by atoms with Crippen LogP contribution in [0.15, 0.2) is 54.1 Å². The number of hydrogen-bond donors (Lipinski definition) is 1. The Bertz CT molecular complexity index is 934. The number of likely N-dealkylation sites (N-methyl/N-ethyl adjacent to an activating group) is 1. The van der Waals surface area contributed by atoms with Gasteiger partial charge >= 0.3 is 0 Å². The van der Waals surface area contributed by atoms with Crippen molar-refractivity contribution < 1.29 is 23.8 Å². The summed E-state index contributed by atoms with van der Waals surface area (Å²) in [6.45, 7) is 4.62. The number of likely N-dealkylation sites (tertiary alicyclic amines) is 1. The Morgan fingerprint density at radius 3 is 2.39 bits per heavy atom. The van der Waals surface area contributed by atoms with E-state index in [1.807, 2.05) is 13.8 Å². The molecule has 0 aliphatic carbocycles. The van der Waals surface area contributed by atoms with Gasteiger partial charge in [0, 0.05) is 18.2 Å². The maximum Gasteiger partial charge on any atom is 0.295 e. The van der Waals surface area contributed by atoms with Gasteiger partial charge in [0.15, 0.2) is 0 Å². The van der Waals surface area contributed by atoms with Crippen LogP contribution in [0.3, 0.4) is 0 Å². The van der Waals surface area contributed by atoms with E-state index in [-0.39, 0.29) is 16.9 Å². The fraction of sp³-hybridized carbons (Fsp3) is 0.273. The van der Waals surface area contributed by atoms with E-state index >= 15 is 0 Å². The lowest BCUT2D eigenvalue weighted by atomic mass is 9.95. The number of rotatable bonds is 5. The van der Waals surface area contributed by atoms with E-state index in [1.165, 1.54) is 25.2 Å². The largest absolute Gasteiger partial charge is 0.507 e. The van der Waals surface area contributed by atoms with Crippen molar-refractivity contribution in [1.29, 1.82) is 0 Å². The number of ether oxygens (including phenoxy) is 1. The first-order valence-corrected chi connectivity index (χ1v) is 9.03. The monoisotopic (exact) mass is 383 g/mol. The van der Waals surface area contributed by atoms with Crippen molar-refractivity contribution in [2.45, 2.75) is 19.9 Å². The van der Waals surface area contributed by atoms with Crippen molar-refractivity contribution in [2.75, 3.05) is 13.7 Å². The highest BCUT2D eigenvalue weighted by Crippen LogP contribution is 2.39. The van der Waals surface area contributed by atoms with Gasteiger partial charge in [-0.1, -0.05) is 32.0 Å². The van der Waals surface area contributed by atoms with Crippen LogP contribution in [0.2, 0.25) is 0 Å². The summed E-state index contributed by atoms with van der Waals surface area (Å²) in [5, 5.41) is 10.8. The molecule has 0 bridgehead atoms. The first kappa shape index (κ1) is 19.6. The summed E-state index contributed by atoms with van der Waals surface area (Å²) >= 11 is 0. The molecule has 1 saturated heterocycles. The summed E-state index contributed by atoms with van der Waals surface area (Å²) in [6.07, 6.45) is 0. The molecule has 1 aliphatic heterocycles. The number of carbonyl (C=O) groups excluding carboxylic acids is 2. The molecule has 1 atom stereocenters. The summed E-state index contributed by atoms with van der Waals surface area (Å²) in [7, 11) is 1.42. The molecule has 2 aromatic carbocycles. The van der Waals surface area contributed by atoms with Gasteiger partial charge < -0.3 is 14.7 Å². The van der Waals surface area contributed by atoms with Crippen LogP contribution in [0.1, 0.15) is 31.0 Å². The smallest absolute Gasteiger partial charge is 0.295 e. The molecule has 0 spiro atoms. The molecule has 3 rings (SSSR count). The van der Waals surface area contributed by atoms with E-state index in [0.29, 0.717) is 23.8 Å². The van der Waals surface area contributed by atoms with Crippen molar-refractivity contribution in [3.63, 3.8) is 0 Å².